The van der Waals surface area contributed by atoms with Gasteiger partial charge in [-0.2, -0.15) is 4.98 Å². The van der Waals surface area contributed by atoms with Crippen molar-refractivity contribution in [1.29, 1.82) is 0 Å². The second kappa shape index (κ2) is 8.57. The van der Waals surface area contributed by atoms with Crippen molar-refractivity contribution in [2.75, 3.05) is 5.32 Å². The molecule has 6 nitrogen and oxygen atoms in total. The summed E-state index contributed by atoms with van der Waals surface area (Å²) in [6.07, 6.45) is -0.800. The third kappa shape index (κ3) is 4.35. The van der Waals surface area contributed by atoms with Crippen LogP contribution in [0.25, 0.3) is 22.8 Å². The number of rotatable bonds is 6. The van der Waals surface area contributed by atoms with Crippen LogP contribution in [0.3, 0.4) is 0 Å². The maximum Gasteiger partial charge on any atom is 0.265 e. The largest absolute Gasteiger partial charge is 0.481 e. The molecule has 0 radical (unpaired) electrons. The van der Waals surface area contributed by atoms with Crippen LogP contribution in [0.1, 0.15) is 6.92 Å². The number of ether oxygens (including phenoxy) is 1. The van der Waals surface area contributed by atoms with E-state index in [1.54, 1.807) is 25.1 Å². The van der Waals surface area contributed by atoms with Crippen LogP contribution >= 0.6 is 0 Å². The highest BCUT2D eigenvalue weighted by molar-refractivity contribution is 5.97. The lowest BCUT2D eigenvalue weighted by Gasteiger charge is -2.15. The molecule has 0 aliphatic carbocycles. The lowest BCUT2D eigenvalue weighted by Crippen LogP contribution is -2.30. The topological polar surface area (TPSA) is 77.2 Å². The van der Waals surface area contributed by atoms with Gasteiger partial charge in [-0.3, -0.25) is 4.79 Å². The number of hydrogen-bond acceptors (Lipinski definition) is 5. The Labute approximate surface area is 172 Å². The first-order valence-corrected chi connectivity index (χ1v) is 9.32. The van der Waals surface area contributed by atoms with Gasteiger partial charge in [0, 0.05) is 5.56 Å². The van der Waals surface area contributed by atoms with Crippen molar-refractivity contribution in [3.05, 3.63) is 84.7 Å². The van der Waals surface area contributed by atoms with E-state index in [1.165, 1.54) is 24.3 Å². The minimum absolute atomic E-state index is 0.289. The number of nitrogens with zero attached hydrogens (tertiary/aromatic N) is 2. The molecule has 3 aromatic carbocycles. The van der Waals surface area contributed by atoms with Crippen molar-refractivity contribution in [3.63, 3.8) is 0 Å². The normalized spacial score (nSPS) is 11.7. The molecule has 1 aromatic heterocycles. The second-order valence-electron chi connectivity index (χ2n) is 6.54. The standard InChI is InChI=1S/C23H18FN3O3/c1-15(29-18-13-11-17(24)12-14-18)22(28)25-20-10-6-5-9-19(20)23-26-21(27-30-23)16-7-3-2-4-8-16/h2-15H,1H3,(H,25,28)/t15-/m1/s1. The Morgan fingerprint density at radius 1 is 1.00 bits per heavy atom. The first-order chi connectivity index (χ1) is 14.6. The van der Waals surface area contributed by atoms with E-state index in [4.69, 9.17) is 9.26 Å². The van der Waals surface area contributed by atoms with E-state index < -0.39 is 6.10 Å². The summed E-state index contributed by atoms with van der Waals surface area (Å²) in [6.45, 7) is 1.61. The van der Waals surface area contributed by atoms with Crippen LogP contribution in [0, 0.1) is 5.82 Å². The van der Waals surface area contributed by atoms with Gasteiger partial charge in [0.25, 0.3) is 11.8 Å². The van der Waals surface area contributed by atoms with E-state index in [0.717, 1.165) is 5.56 Å². The maximum absolute atomic E-state index is 13.0. The summed E-state index contributed by atoms with van der Waals surface area (Å²) in [6, 6.07) is 22.1. The van der Waals surface area contributed by atoms with Crippen LogP contribution in [0.15, 0.2) is 83.4 Å². The van der Waals surface area contributed by atoms with Gasteiger partial charge in [-0.25, -0.2) is 4.39 Å². The number of para-hydroxylation sites is 1. The molecule has 30 heavy (non-hydrogen) atoms. The summed E-state index contributed by atoms with van der Waals surface area (Å²) in [7, 11) is 0. The van der Waals surface area contributed by atoms with Crippen LogP contribution < -0.4 is 10.1 Å². The number of aromatic nitrogens is 2. The minimum atomic E-state index is -0.800. The van der Waals surface area contributed by atoms with Crippen molar-refractivity contribution in [1.82, 2.24) is 10.1 Å². The average molecular weight is 403 g/mol. The average Bonchev–Trinajstić information content (AvgIpc) is 3.26. The first-order valence-electron chi connectivity index (χ1n) is 9.32. The Morgan fingerprint density at radius 2 is 1.70 bits per heavy atom. The zero-order chi connectivity index (χ0) is 20.9. The molecule has 0 fully saturated rings. The molecule has 1 amide bonds. The molecule has 1 N–H and O–H groups in total. The van der Waals surface area contributed by atoms with Gasteiger partial charge in [-0.1, -0.05) is 47.6 Å². The summed E-state index contributed by atoms with van der Waals surface area (Å²) < 4.78 is 24.0. The number of benzene rings is 3. The first kappa shape index (κ1) is 19.3. The van der Waals surface area contributed by atoms with Gasteiger partial charge in [0.1, 0.15) is 11.6 Å². The molecule has 0 saturated heterocycles. The molecule has 7 heteroatoms. The van der Waals surface area contributed by atoms with Crippen LogP contribution in [-0.4, -0.2) is 22.2 Å². The highest BCUT2D eigenvalue weighted by Crippen LogP contribution is 2.28. The molecule has 4 aromatic rings. The molecule has 0 spiro atoms. The lowest BCUT2D eigenvalue weighted by molar-refractivity contribution is -0.122. The molecule has 0 unspecified atom stereocenters. The third-order valence-corrected chi connectivity index (χ3v) is 4.37. The fraction of sp³-hybridized carbons (Fsp3) is 0.0870. The molecule has 150 valence electrons. The Kier molecular flexibility index (Phi) is 5.52. The summed E-state index contributed by atoms with van der Waals surface area (Å²) in [4.78, 5) is 17.1. The van der Waals surface area contributed by atoms with Crippen molar-refractivity contribution in [2.45, 2.75) is 13.0 Å². The number of carbonyl (C=O) groups excluding carboxylic acids is 1. The predicted molar refractivity (Wildman–Crippen MR) is 110 cm³/mol. The molecule has 0 aliphatic heterocycles. The van der Waals surface area contributed by atoms with E-state index >= 15 is 0 Å². The number of hydrogen-bond donors (Lipinski definition) is 1. The molecular weight excluding hydrogens is 385 g/mol. The van der Waals surface area contributed by atoms with Gasteiger partial charge in [0.15, 0.2) is 6.10 Å². The molecule has 4 rings (SSSR count). The smallest absolute Gasteiger partial charge is 0.265 e. The lowest BCUT2D eigenvalue weighted by atomic mass is 10.1. The molecule has 0 aliphatic rings. The van der Waals surface area contributed by atoms with E-state index in [-0.39, 0.29) is 17.6 Å². The van der Waals surface area contributed by atoms with Gasteiger partial charge < -0.3 is 14.6 Å². The van der Waals surface area contributed by atoms with Gasteiger partial charge >= 0.3 is 0 Å². The van der Waals surface area contributed by atoms with E-state index in [1.807, 2.05) is 36.4 Å². The molecule has 0 bridgehead atoms. The van der Waals surface area contributed by atoms with Crippen LogP contribution in [0.5, 0.6) is 5.75 Å². The highest BCUT2D eigenvalue weighted by atomic mass is 19.1. The van der Waals surface area contributed by atoms with Crippen LogP contribution in [0.4, 0.5) is 10.1 Å². The number of carbonyl (C=O) groups is 1. The van der Waals surface area contributed by atoms with E-state index in [2.05, 4.69) is 15.5 Å². The van der Waals surface area contributed by atoms with Gasteiger partial charge in [-0.15, -0.1) is 0 Å². The minimum Gasteiger partial charge on any atom is -0.481 e. The quantitative estimate of drug-likeness (QED) is 0.493. The number of nitrogens with one attached hydrogen (secondary N) is 1. The number of anilines is 1. The summed E-state index contributed by atoms with van der Waals surface area (Å²) in [5.74, 6) is 0.408. The van der Waals surface area contributed by atoms with Crippen LogP contribution in [0.2, 0.25) is 0 Å². The van der Waals surface area contributed by atoms with Crippen molar-refractivity contribution < 1.29 is 18.4 Å². The van der Waals surface area contributed by atoms with E-state index in [9.17, 15) is 9.18 Å². The zero-order valence-corrected chi connectivity index (χ0v) is 16.1. The second-order valence-corrected chi connectivity index (χ2v) is 6.54. The Bertz CT molecular complexity index is 1140. The predicted octanol–water partition coefficient (Wildman–Crippen LogP) is 4.95. The summed E-state index contributed by atoms with van der Waals surface area (Å²) >= 11 is 0. The van der Waals surface area contributed by atoms with Crippen molar-refractivity contribution in [3.8, 4) is 28.6 Å². The van der Waals surface area contributed by atoms with Gasteiger partial charge in [0.2, 0.25) is 5.82 Å². The van der Waals surface area contributed by atoms with Crippen LogP contribution in [-0.2, 0) is 4.79 Å². The number of halogens is 1. The van der Waals surface area contributed by atoms with Gasteiger partial charge in [0.05, 0.1) is 11.3 Å². The Hall–Kier alpha value is -4.00. The summed E-state index contributed by atoms with van der Waals surface area (Å²) in [5.41, 5.74) is 1.94. The molecule has 1 atom stereocenters. The van der Waals surface area contributed by atoms with Crippen molar-refractivity contribution >= 4 is 11.6 Å². The molecular formula is C23H18FN3O3. The Morgan fingerprint density at radius 3 is 2.47 bits per heavy atom. The maximum atomic E-state index is 13.0. The monoisotopic (exact) mass is 403 g/mol. The Balaban J connectivity index is 1.51. The molecule has 1 heterocycles. The summed E-state index contributed by atoms with van der Waals surface area (Å²) in [5, 5.41) is 6.85. The number of amides is 1. The van der Waals surface area contributed by atoms with E-state index in [0.29, 0.717) is 22.8 Å². The molecule has 0 saturated carbocycles. The third-order valence-electron chi connectivity index (χ3n) is 4.37. The fourth-order valence-electron chi connectivity index (χ4n) is 2.82. The zero-order valence-electron chi connectivity index (χ0n) is 16.1. The van der Waals surface area contributed by atoms with Crippen molar-refractivity contribution in [2.24, 2.45) is 0 Å². The fourth-order valence-corrected chi connectivity index (χ4v) is 2.82. The van der Waals surface area contributed by atoms with Gasteiger partial charge in [-0.05, 0) is 43.3 Å². The highest BCUT2D eigenvalue weighted by Gasteiger charge is 2.19. The SMILES string of the molecule is C[C@@H](Oc1ccc(F)cc1)C(=O)Nc1ccccc1-c1nc(-c2ccccc2)no1.